The van der Waals surface area contributed by atoms with Gasteiger partial charge >= 0.3 is 0 Å². The predicted molar refractivity (Wildman–Crippen MR) is 52.5 cm³/mol. The number of fused-ring (bicyclic) bond motifs is 1. The number of pyridine rings is 1. The lowest BCUT2D eigenvalue weighted by atomic mass is 10.2. The zero-order chi connectivity index (χ0) is 8.97. The fourth-order valence-corrected chi connectivity index (χ4v) is 1.67. The van der Waals surface area contributed by atoms with Crippen LogP contribution in [-0.4, -0.2) is 4.98 Å². The lowest BCUT2D eigenvalue weighted by molar-refractivity contribution is 0.867. The van der Waals surface area contributed by atoms with Crippen molar-refractivity contribution in [3.63, 3.8) is 0 Å². The highest BCUT2D eigenvalue weighted by molar-refractivity contribution is 6.21. The van der Waals surface area contributed by atoms with E-state index in [2.05, 4.69) is 11.1 Å². The van der Waals surface area contributed by atoms with Crippen LogP contribution in [0, 0.1) is 0 Å². The van der Waals surface area contributed by atoms with Gasteiger partial charge in [0, 0.05) is 6.20 Å². The Balaban J connectivity index is 0.000000336. The minimum absolute atomic E-state index is 0.163. The van der Waals surface area contributed by atoms with Crippen LogP contribution >= 0.6 is 11.6 Å². The molecule has 0 N–H and O–H groups in total. The summed E-state index contributed by atoms with van der Waals surface area (Å²) in [6.45, 7) is 4.00. The van der Waals surface area contributed by atoms with Crippen LogP contribution in [0.2, 0.25) is 0 Å². The van der Waals surface area contributed by atoms with Crippen LogP contribution in [0.15, 0.2) is 18.3 Å². The van der Waals surface area contributed by atoms with Gasteiger partial charge < -0.3 is 0 Å². The van der Waals surface area contributed by atoms with E-state index in [-0.39, 0.29) is 5.38 Å². The average Bonchev–Trinajstić information content (AvgIpc) is 2.53. The van der Waals surface area contributed by atoms with Crippen LogP contribution in [0.5, 0.6) is 0 Å². The fourth-order valence-electron chi connectivity index (χ4n) is 1.36. The maximum Gasteiger partial charge on any atom is 0.0763 e. The first kappa shape index (κ1) is 9.53. The maximum absolute atomic E-state index is 5.98. The first-order valence-electron chi connectivity index (χ1n) is 4.46. The first-order chi connectivity index (χ1) is 5.88. The number of halogens is 1. The smallest absolute Gasteiger partial charge is 0.0763 e. The SMILES string of the molecule is CC.ClC1CCc2cccnc21. The van der Waals surface area contributed by atoms with Gasteiger partial charge in [-0.1, -0.05) is 19.9 Å². The van der Waals surface area contributed by atoms with E-state index in [1.54, 1.807) is 6.20 Å². The van der Waals surface area contributed by atoms with Crippen molar-refractivity contribution in [2.45, 2.75) is 32.1 Å². The molecule has 0 aliphatic heterocycles. The lowest BCUT2D eigenvalue weighted by Crippen LogP contribution is -1.86. The Morgan fingerprint density at radius 3 is 2.92 bits per heavy atom. The average molecular weight is 184 g/mol. The molecule has 1 unspecified atom stereocenters. The largest absolute Gasteiger partial charge is 0.259 e. The second-order valence-corrected chi connectivity index (χ2v) is 3.08. The molecule has 0 saturated carbocycles. The molecule has 0 fully saturated rings. The second-order valence-electron chi connectivity index (χ2n) is 2.55. The molecule has 12 heavy (non-hydrogen) atoms. The van der Waals surface area contributed by atoms with Gasteiger partial charge in [0.25, 0.3) is 0 Å². The van der Waals surface area contributed by atoms with Crippen molar-refractivity contribution >= 4 is 11.6 Å². The third kappa shape index (κ3) is 1.78. The molecule has 1 atom stereocenters. The number of hydrogen-bond acceptors (Lipinski definition) is 1. The second kappa shape index (κ2) is 4.46. The minimum Gasteiger partial charge on any atom is -0.259 e. The molecule has 0 spiro atoms. The molecule has 1 aromatic rings. The summed E-state index contributed by atoms with van der Waals surface area (Å²) in [5.41, 5.74) is 2.41. The summed E-state index contributed by atoms with van der Waals surface area (Å²) in [6.07, 6.45) is 3.95. The first-order valence-corrected chi connectivity index (χ1v) is 4.89. The Morgan fingerprint density at radius 1 is 1.50 bits per heavy atom. The molecule has 1 aromatic heterocycles. The topological polar surface area (TPSA) is 12.9 Å². The monoisotopic (exact) mass is 183 g/mol. The van der Waals surface area contributed by atoms with Crippen molar-refractivity contribution in [2.75, 3.05) is 0 Å². The van der Waals surface area contributed by atoms with Crippen LogP contribution in [0.3, 0.4) is 0 Å². The van der Waals surface area contributed by atoms with Crippen molar-refractivity contribution in [3.05, 3.63) is 29.6 Å². The molecule has 1 heterocycles. The third-order valence-corrected chi connectivity index (χ3v) is 2.31. The highest BCUT2D eigenvalue weighted by atomic mass is 35.5. The molecule has 1 aliphatic carbocycles. The van der Waals surface area contributed by atoms with E-state index in [0.29, 0.717) is 0 Å². The predicted octanol–water partition coefficient (Wildman–Crippen LogP) is 3.33. The zero-order valence-electron chi connectivity index (χ0n) is 7.55. The molecular formula is C10H14ClN. The minimum atomic E-state index is 0.163. The van der Waals surface area contributed by atoms with Crippen molar-refractivity contribution < 1.29 is 0 Å². The molecule has 2 heteroatoms. The van der Waals surface area contributed by atoms with Gasteiger partial charge in [-0.25, -0.2) is 0 Å². The van der Waals surface area contributed by atoms with E-state index >= 15 is 0 Å². The van der Waals surface area contributed by atoms with Crippen LogP contribution in [0.25, 0.3) is 0 Å². The van der Waals surface area contributed by atoms with E-state index < -0.39 is 0 Å². The molecular weight excluding hydrogens is 170 g/mol. The summed E-state index contributed by atoms with van der Waals surface area (Å²) >= 11 is 5.98. The number of hydrogen-bond donors (Lipinski definition) is 0. The summed E-state index contributed by atoms with van der Waals surface area (Å²) < 4.78 is 0. The molecule has 0 aromatic carbocycles. The fraction of sp³-hybridized carbons (Fsp3) is 0.500. The molecule has 66 valence electrons. The molecule has 0 saturated heterocycles. The Kier molecular flexibility index (Phi) is 3.54. The van der Waals surface area contributed by atoms with Crippen molar-refractivity contribution in [1.29, 1.82) is 0 Å². The van der Waals surface area contributed by atoms with Crippen LogP contribution in [0.1, 0.15) is 36.9 Å². The molecule has 1 nitrogen and oxygen atoms in total. The third-order valence-electron chi connectivity index (χ3n) is 1.89. The number of aromatic nitrogens is 1. The Morgan fingerprint density at radius 2 is 2.25 bits per heavy atom. The van der Waals surface area contributed by atoms with Crippen LogP contribution in [0.4, 0.5) is 0 Å². The summed E-state index contributed by atoms with van der Waals surface area (Å²) in [5, 5.41) is 0.163. The number of nitrogens with zero attached hydrogens (tertiary/aromatic N) is 1. The van der Waals surface area contributed by atoms with Gasteiger partial charge in [-0.2, -0.15) is 0 Å². The van der Waals surface area contributed by atoms with Gasteiger partial charge in [-0.15, -0.1) is 11.6 Å². The molecule has 0 radical (unpaired) electrons. The summed E-state index contributed by atoms with van der Waals surface area (Å²) in [5.74, 6) is 0. The van der Waals surface area contributed by atoms with E-state index in [9.17, 15) is 0 Å². The summed E-state index contributed by atoms with van der Waals surface area (Å²) in [7, 11) is 0. The standard InChI is InChI=1S/C8H8ClN.C2H6/c9-7-4-3-6-2-1-5-10-8(6)7;1-2/h1-2,5,7H,3-4H2;1-2H3. The molecule has 1 aliphatic rings. The van der Waals surface area contributed by atoms with Gasteiger partial charge in [0.1, 0.15) is 0 Å². The zero-order valence-corrected chi connectivity index (χ0v) is 8.30. The van der Waals surface area contributed by atoms with E-state index in [1.165, 1.54) is 5.56 Å². The Bertz CT molecular complexity index is 247. The van der Waals surface area contributed by atoms with Gasteiger partial charge in [0.15, 0.2) is 0 Å². The molecule has 2 rings (SSSR count). The molecule has 0 amide bonds. The number of alkyl halides is 1. The lowest BCUT2D eigenvalue weighted by Gasteiger charge is -1.97. The van der Waals surface area contributed by atoms with E-state index in [0.717, 1.165) is 18.5 Å². The highest BCUT2D eigenvalue weighted by Crippen LogP contribution is 2.33. The van der Waals surface area contributed by atoms with Crippen molar-refractivity contribution in [1.82, 2.24) is 4.98 Å². The summed E-state index contributed by atoms with van der Waals surface area (Å²) in [6, 6.07) is 4.07. The van der Waals surface area contributed by atoms with E-state index in [1.807, 2.05) is 19.9 Å². The van der Waals surface area contributed by atoms with Crippen LogP contribution in [-0.2, 0) is 6.42 Å². The van der Waals surface area contributed by atoms with Gasteiger partial charge in [0.2, 0.25) is 0 Å². The van der Waals surface area contributed by atoms with Crippen LogP contribution < -0.4 is 0 Å². The highest BCUT2D eigenvalue weighted by Gasteiger charge is 2.20. The number of rotatable bonds is 0. The maximum atomic E-state index is 5.98. The normalized spacial score (nSPS) is 19.4. The Hall–Kier alpha value is -0.560. The van der Waals surface area contributed by atoms with Gasteiger partial charge in [0.05, 0.1) is 11.1 Å². The Labute approximate surface area is 78.8 Å². The summed E-state index contributed by atoms with van der Waals surface area (Å²) in [4.78, 5) is 4.21. The molecule has 0 bridgehead atoms. The van der Waals surface area contributed by atoms with Crippen molar-refractivity contribution in [2.24, 2.45) is 0 Å². The number of aryl methyl sites for hydroxylation is 1. The van der Waals surface area contributed by atoms with Crippen molar-refractivity contribution in [3.8, 4) is 0 Å². The van der Waals surface area contributed by atoms with Gasteiger partial charge in [-0.05, 0) is 24.5 Å². The van der Waals surface area contributed by atoms with E-state index in [4.69, 9.17) is 11.6 Å². The van der Waals surface area contributed by atoms with Gasteiger partial charge in [-0.3, -0.25) is 4.98 Å². The quantitative estimate of drug-likeness (QED) is 0.563.